The van der Waals surface area contributed by atoms with E-state index in [1.807, 2.05) is 0 Å². The van der Waals surface area contributed by atoms with Crippen LogP contribution in [0.3, 0.4) is 0 Å². The molecular formula is C15H19N5O6S. The van der Waals surface area contributed by atoms with Crippen LogP contribution < -0.4 is 14.4 Å². The molecule has 11 nitrogen and oxygen atoms in total. The molecule has 146 valence electrons. The van der Waals surface area contributed by atoms with Gasteiger partial charge in [-0.25, -0.2) is 13.2 Å². The number of carboxylic acids is 1. The molecule has 27 heavy (non-hydrogen) atoms. The number of sulfonamides is 1. The Morgan fingerprint density at radius 2 is 1.96 bits per heavy atom. The van der Waals surface area contributed by atoms with Crippen molar-refractivity contribution in [1.82, 2.24) is 20.3 Å². The molecule has 0 saturated heterocycles. The van der Waals surface area contributed by atoms with Gasteiger partial charge in [0.05, 0.1) is 13.0 Å². The summed E-state index contributed by atoms with van der Waals surface area (Å²) in [6.45, 7) is 2.68. The van der Waals surface area contributed by atoms with Gasteiger partial charge in [-0.1, -0.05) is 24.3 Å². The molecule has 1 aromatic rings. The number of aryl methyl sites for hydroxylation is 1. The molecule has 0 aliphatic heterocycles. The number of ether oxygens (including phenoxy) is 1. The van der Waals surface area contributed by atoms with Crippen LogP contribution in [-0.2, 0) is 14.8 Å². The van der Waals surface area contributed by atoms with Gasteiger partial charge in [-0.15, -0.1) is 0 Å². The van der Waals surface area contributed by atoms with Gasteiger partial charge in [0.2, 0.25) is 0 Å². The Morgan fingerprint density at radius 3 is 2.52 bits per heavy atom. The average Bonchev–Trinajstić information content (AvgIpc) is 2.60. The van der Waals surface area contributed by atoms with Gasteiger partial charge in [0, 0.05) is 7.05 Å². The van der Waals surface area contributed by atoms with Crippen molar-refractivity contribution in [3.8, 4) is 6.01 Å². The number of carboxylic acid groups (broad SMARTS) is 1. The third-order valence-electron chi connectivity index (χ3n) is 4.00. The van der Waals surface area contributed by atoms with Gasteiger partial charge in [-0.3, -0.25) is 4.79 Å². The number of aromatic nitrogens is 3. The van der Waals surface area contributed by atoms with Crippen molar-refractivity contribution in [2.75, 3.05) is 18.5 Å². The summed E-state index contributed by atoms with van der Waals surface area (Å²) in [6, 6.07) is -1.25. The number of hydrogen-bond donors (Lipinski definition) is 2. The molecule has 2 amide bonds. The Hall–Kier alpha value is -3.02. The molecule has 0 saturated carbocycles. The second-order valence-electron chi connectivity index (χ2n) is 5.74. The molecule has 1 aliphatic carbocycles. The molecular weight excluding hydrogens is 378 g/mol. The fourth-order valence-corrected chi connectivity index (χ4v) is 4.27. The molecule has 1 heterocycles. The van der Waals surface area contributed by atoms with Crippen molar-refractivity contribution >= 4 is 28.0 Å². The normalized spacial score (nSPS) is 21.6. The number of amides is 2. The van der Waals surface area contributed by atoms with E-state index in [1.54, 1.807) is 0 Å². The minimum absolute atomic E-state index is 0.111. The summed E-state index contributed by atoms with van der Waals surface area (Å²) in [5.41, 5.74) is 0. The molecule has 2 rings (SSSR count). The summed E-state index contributed by atoms with van der Waals surface area (Å²) in [6.07, 6.45) is 5.28. The van der Waals surface area contributed by atoms with Crippen molar-refractivity contribution < 1.29 is 27.9 Å². The third-order valence-corrected chi connectivity index (χ3v) is 6.31. The minimum atomic E-state index is -4.63. The average molecular weight is 397 g/mol. The zero-order valence-electron chi connectivity index (χ0n) is 15.1. The van der Waals surface area contributed by atoms with Crippen LogP contribution in [0.1, 0.15) is 12.7 Å². The van der Waals surface area contributed by atoms with Gasteiger partial charge in [0.15, 0.2) is 0 Å². The van der Waals surface area contributed by atoms with E-state index < -0.39 is 38.6 Å². The lowest BCUT2D eigenvalue weighted by Gasteiger charge is -2.35. The summed E-state index contributed by atoms with van der Waals surface area (Å²) in [5, 5.41) is 11.7. The molecule has 0 bridgehead atoms. The largest absolute Gasteiger partial charge is 0.481 e. The molecule has 2 N–H and O–H groups in total. The monoisotopic (exact) mass is 397 g/mol. The van der Waals surface area contributed by atoms with E-state index in [2.05, 4.69) is 20.3 Å². The Bertz CT molecular complexity index is 929. The first-order chi connectivity index (χ1) is 12.6. The first-order valence-corrected chi connectivity index (χ1v) is 9.14. The van der Waals surface area contributed by atoms with E-state index in [9.17, 15) is 23.1 Å². The quantitative estimate of drug-likeness (QED) is 0.712. The van der Waals surface area contributed by atoms with Crippen LogP contribution in [-0.4, -0.2) is 59.4 Å². The zero-order chi connectivity index (χ0) is 20.4. The second kappa shape index (κ2) is 7.31. The van der Waals surface area contributed by atoms with E-state index in [4.69, 9.17) is 4.74 Å². The molecule has 2 atom stereocenters. The van der Waals surface area contributed by atoms with Gasteiger partial charge in [0.1, 0.15) is 10.6 Å². The topological polar surface area (TPSA) is 152 Å². The standard InChI is InChI=1S/C15H19N5O6S/c1-9-17-12(19-13(18-9)26-4)20(14(23)16-3)27(24,25)15(2)8-6-5-7-10(15)11(21)22/h5-8,10H,1-4H3,(H,16,23)(H,21,22). The second-order valence-corrected chi connectivity index (χ2v) is 7.93. The maximum Gasteiger partial charge on any atom is 0.338 e. The lowest BCUT2D eigenvalue weighted by Crippen LogP contribution is -2.56. The highest BCUT2D eigenvalue weighted by molar-refractivity contribution is 7.95. The number of nitrogens with one attached hydrogen (secondary N) is 1. The van der Waals surface area contributed by atoms with Crippen LogP contribution in [0.2, 0.25) is 0 Å². The van der Waals surface area contributed by atoms with Crippen molar-refractivity contribution in [2.45, 2.75) is 18.6 Å². The summed E-state index contributed by atoms with van der Waals surface area (Å²) in [7, 11) is -2.13. The Morgan fingerprint density at radius 1 is 1.30 bits per heavy atom. The fourth-order valence-electron chi connectivity index (χ4n) is 2.52. The predicted molar refractivity (Wildman–Crippen MR) is 94.8 cm³/mol. The summed E-state index contributed by atoms with van der Waals surface area (Å²) in [4.78, 5) is 35.7. The van der Waals surface area contributed by atoms with Crippen molar-refractivity contribution in [3.05, 3.63) is 30.1 Å². The van der Waals surface area contributed by atoms with Crippen molar-refractivity contribution in [1.29, 1.82) is 0 Å². The zero-order valence-corrected chi connectivity index (χ0v) is 15.9. The Labute approximate surface area is 155 Å². The molecule has 1 aromatic heterocycles. The van der Waals surface area contributed by atoms with Gasteiger partial charge in [-0.2, -0.15) is 19.3 Å². The van der Waals surface area contributed by atoms with E-state index in [0.717, 1.165) is 0 Å². The first kappa shape index (κ1) is 20.3. The van der Waals surface area contributed by atoms with Crippen LogP contribution >= 0.6 is 0 Å². The van der Waals surface area contributed by atoms with Crippen LogP contribution in [0.25, 0.3) is 0 Å². The molecule has 12 heteroatoms. The summed E-state index contributed by atoms with van der Waals surface area (Å²) >= 11 is 0. The summed E-state index contributed by atoms with van der Waals surface area (Å²) in [5.74, 6) is -3.18. The highest BCUT2D eigenvalue weighted by atomic mass is 32.2. The highest BCUT2D eigenvalue weighted by Gasteiger charge is 2.53. The van der Waals surface area contributed by atoms with E-state index in [-0.39, 0.29) is 11.8 Å². The fraction of sp³-hybridized carbons (Fsp3) is 0.400. The van der Waals surface area contributed by atoms with Crippen LogP contribution in [0, 0.1) is 12.8 Å². The van der Waals surface area contributed by atoms with E-state index in [0.29, 0.717) is 4.31 Å². The first-order valence-electron chi connectivity index (χ1n) is 7.70. The van der Waals surface area contributed by atoms with Gasteiger partial charge < -0.3 is 15.2 Å². The van der Waals surface area contributed by atoms with Gasteiger partial charge in [-0.05, 0) is 13.8 Å². The highest BCUT2D eigenvalue weighted by Crippen LogP contribution is 2.36. The third kappa shape index (κ3) is 3.47. The van der Waals surface area contributed by atoms with Crippen molar-refractivity contribution in [2.24, 2.45) is 5.92 Å². The number of allylic oxidation sites excluding steroid dienone is 2. The lowest BCUT2D eigenvalue weighted by molar-refractivity contribution is -0.140. The van der Waals surface area contributed by atoms with Crippen molar-refractivity contribution in [3.63, 3.8) is 0 Å². The van der Waals surface area contributed by atoms with Crippen LogP contribution in [0.5, 0.6) is 6.01 Å². The maximum atomic E-state index is 13.4. The number of rotatable bonds is 5. The number of aliphatic carboxylic acids is 1. The number of carbonyl (C=O) groups excluding carboxylic acids is 1. The number of hydrogen-bond acceptors (Lipinski definition) is 8. The van der Waals surface area contributed by atoms with Gasteiger partial charge >= 0.3 is 18.0 Å². The number of carbonyl (C=O) groups is 2. The smallest absolute Gasteiger partial charge is 0.338 e. The molecule has 0 fully saturated rings. The molecule has 1 aliphatic rings. The van der Waals surface area contributed by atoms with Crippen LogP contribution in [0.15, 0.2) is 24.3 Å². The maximum absolute atomic E-state index is 13.4. The van der Waals surface area contributed by atoms with Crippen LogP contribution in [0.4, 0.5) is 10.7 Å². The number of methoxy groups -OCH3 is 1. The number of nitrogens with zero attached hydrogens (tertiary/aromatic N) is 4. The molecule has 0 radical (unpaired) electrons. The Kier molecular flexibility index (Phi) is 5.49. The number of urea groups is 1. The SMILES string of the molecule is CNC(=O)N(c1nc(C)nc(OC)n1)S(=O)(=O)C1(C)C=CC=CC1C(=O)O. The lowest BCUT2D eigenvalue weighted by atomic mass is 9.89. The molecule has 0 spiro atoms. The predicted octanol–water partition coefficient (Wildman–Crippen LogP) is 0.250. The molecule has 0 aromatic carbocycles. The molecule has 2 unspecified atom stereocenters. The van der Waals surface area contributed by atoms with Gasteiger partial charge in [0.25, 0.3) is 16.0 Å². The summed E-state index contributed by atoms with van der Waals surface area (Å²) < 4.78 is 30.1. The van der Waals surface area contributed by atoms with E-state index >= 15 is 0 Å². The minimum Gasteiger partial charge on any atom is -0.481 e. The van der Waals surface area contributed by atoms with E-state index in [1.165, 1.54) is 52.3 Å². The number of anilines is 1. The Balaban J connectivity index is 2.71.